The van der Waals surface area contributed by atoms with Crippen LogP contribution in [0.25, 0.3) is 22.4 Å². The summed E-state index contributed by atoms with van der Waals surface area (Å²) in [5.41, 5.74) is 10.0. The number of hydrogen-bond donors (Lipinski definition) is 3. The van der Waals surface area contributed by atoms with Gasteiger partial charge >= 0.3 is 0 Å². The Hall–Kier alpha value is -4.57. The van der Waals surface area contributed by atoms with Gasteiger partial charge in [-0.15, -0.1) is 11.3 Å². The second-order valence-corrected chi connectivity index (χ2v) is 8.81. The van der Waals surface area contributed by atoms with Crippen molar-refractivity contribution in [3.05, 3.63) is 77.8 Å². The molecule has 0 aliphatic carbocycles. The fraction of sp³-hybridized carbons (Fsp3) is 0.115. The van der Waals surface area contributed by atoms with Crippen LogP contribution in [0.1, 0.15) is 17.3 Å². The van der Waals surface area contributed by atoms with Gasteiger partial charge in [-0.2, -0.15) is 0 Å². The normalized spacial score (nSPS) is 10.5. The van der Waals surface area contributed by atoms with Crippen LogP contribution in [-0.2, 0) is 9.59 Å². The molecule has 4 rings (SSSR count). The zero-order valence-corrected chi connectivity index (χ0v) is 20.5. The average molecular weight is 501 g/mol. The molecule has 2 aromatic carbocycles. The molecule has 0 aliphatic heterocycles. The van der Waals surface area contributed by atoms with Crippen LogP contribution in [0, 0.1) is 0 Å². The maximum atomic E-state index is 12.3. The van der Waals surface area contributed by atoms with Crippen LogP contribution in [0.15, 0.2) is 72.2 Å². The standard InChI is InChI=1S/C26H24N6O3S/c1-16(33)32(2)23-13-19(10-11-28-23)18-4-3-5-20(12-18)22-15-36-26(30-22)31-24(34)14-29-25(35)17-6-8-21(27)9-7-17/h3-13,15H,14,27H2,1-2H3,(H,29,35)(H,30,31,34). The van der Waals surface area contributed by atoms with E-state index in [-0.39, 0.29) is 24.3 Å². The molecule has 3 amide bonds. The van der Waals surface area contributed by atoms with Gasteiger partial charge in [-0.3, -0.25) is 14.4 Å². The molecule has 0 bridgehead atoms. The van der Waals surface area contributed by atoms with E-state index in [1.54, 1.807) is 37.5 Å². The first-order valence-electron chi connectivity index (χ1n) is 11.0. The van der Waals surface area contributed by atoms with Crippen LogP contribution in [0.3, 0.4) is 0 Å². The number of hydrogen-bond acceptors (Lipinski definition) is 7. The number of aromatic nitrogens is 2. The van der Waals surface area contributed by atoms with E-state index in [2.05, 4.69) is 20.6 Å². The molecule has 0 atom stereocenters. The Kier molecular flexibility index (Phi) is 7.36. The van der Waals surface area contributed by atoms with Gasteiger partial charge in [0.15, 0.2) is 5.13 Å². The molecule has 0 spiro atoms. The summed E-state index contributed by atoms with van der Waals surface area (Å²) < 4.78 is 0. The highest BCUT2D eigenvalue weighted by Gasteiger charge is 2.12. The fourth-order valence-corrected chi connectivity index (χ4v) is 4.06. The van der Waals surface area contributed by atoms with E-state index in [0.29, 0.717) is 27.9 Å². The lowest BCUT2D eigenvalue weighted by Crippen LogP contribution is -2.32. The van der Waals surface area contributed by atoms with E-state index in [0.717, 1.165) is 16.7 Å². The van der Waals surface area contributed by atoms with E-state index >= 15 is 0 Å². The molecule has 0 aliphatic rings. The van der Waals surface area contributed by atoms with Gasteiger partial charge in [0.2, 0.25) is 11.8 Å². The molecule has 0 radical (unpaired) electrons. The first-order chi connectivity index (χ1) is 17.3. The number of nitrogens with one attached hydrogen (secondary N) is 2. The van der Waals surface area contributed by atoms with Crippen LogP contribution in [0.5, 0.6) is 0 Å². The highest BCUT2D eigenvalue weighted by atomic mass is 32.1. The summed E-state index contributed by atoms with van der Waals surface area (Å²) in [6, 6.07) is 18.0. The Morgan fingerprint density at radius 3 is 2.47 bits per heavy atom. The molecular formula is C26H24N6O3S. The number of benzene rings is 2. The van der Waals surface area contributed by atoms with Crippen molar-refractivity contribution in [2.24, 2.45) is 0 Å². The summed E-state index contributed by atoms with van der Waals surface area (Å²) in [4.78, 5) is 46.4. The third-order valence-electron chi connectivity index (χ3n) is 5.39. The van der Waals surface area contributed by atoms with Crippen molar-refractivity contribution in [3.8, 4) is 22.4 Å². The quantitative estimate of drug-likeness (QED) is 0.331. The molecule has 182 valence electrons. The van der Waals surface area contributed by atoms with Gasteiger partial charge in [-0.05, 0) is 53.6 Å². The molecule has 0 unspecified atom stereocenters. The van der Waals surface area contributed by atoms with Crippen molar-refractivity contribution in [1.29, 1.82) is 0 Å². The molecule has 0 saturated heterocycles. The summed E-state index contributed by atoms with van der Waals surface area (Å²) in [6.45, 7) is 1.30. The van der Waals surface area contributed by atoms with E-state index in [4.69, 9.17) is 5.73 Å². The van der Waals surface area contributed by atoms with Gasteiger partial charge in [-0.1, -0.05) is 18.2 Å². The van der Waals surface area contributed by atoms with Crippen LogP contribution in [-0.4, -0.2) is 41.3 Å². The van der Waals surface area contributed by atoms with Gasteiger partial charge in [0.25, 0.3) is 5.91 Å². The maximum Gasteiger partial charge on any atom is 0.251 e. The number of rotatable bonds is 7. The third-order valence-corrected chi connectivity index (χ3v) is 6.14. The lowest BCUT2D eigenvalue weighted by atomic mass is 10.0. The molecule has 4 aromatic rings. The van der Waals surface area contributed by atoms with Gasteiger partial charge in [0.05, 0.1) is 12.2 Å². The van der Waals surface area contributed by atoms with Crippen molar-refractivity contribution in [1.82, 2.24) is 15.3 Å². The zero-order chi connectivity index (χ0) is 25.7. The van der Waals surface area contributed by atoms with Gasteiger partial charge in [0, 0.05) is 42.4 Å². The number of nitrogens with zero attached hydrogens (tertiary/aromatic N) is 3. The SMILES string of the molecule is CC(=O)N(C)c1cc(-c2cccc(-c3csc(NC(=O)CNC(=O)c4ccc(N)cc4)n3)c2)ccn1. The molecule has 4 N–H and O–H groups in total. The molecule has 0 saturated carbocycles. The molecule has 10 heteroatoms. The summed E-state index contributed by atoms with van der Waals surface area (Å²) in [7, 11) is 1.68. The molecular weight excluding hydrogens is 476 g/mol. The summed E-state index contributed by atoms with van der Waals surface area (Å²) in [5, 5.41) is 7.57. The Morgan fingerprint density at radius 1 is 1.00 bits per heavy atom. The third kappa shape index (κ3) is 5.91. The minimum absolute atomic E-state index is 0.102. The lowest BCUT2D eigenvalue weighted by Gasteiger charge is -2.14. The Labute approximate surface area is 212 Å². The van der Waals surface area contributed by atoms with Crippen molar-refractivity contribution in [2.45, 2.75) is 6.92 Å². The van der Waals surface area contributed by atoms with Crippen LogP contribution in [0.4, 0.5) is 16.6 Å². The van der Waals surface area contributed by atoms with Crippen LogP contribution in [0.2, 0.25) is 0 Å². The number of pyridine rings is 1. The predicted molar refractivity (Wildman–Crippen MR) is 142 cm³/mol. The Bertz CT molecular complexity index is 1420. The van der Waals surface area contributed by atoms with Gasteiger partial charge in [-0.25, -0.2) is 9.97 Å². The van der Waals surface area contributed by atoms with Gasteiger partial charge < -0.3 is 21.3 Å². The lowest BCUT2D eigenvalue weighted by molar-refractivity contribution is -0.116. The number of nitrogens with two attached hydrogens (primary N) is 1. The number of anilines is 3. The summed E-state index contributed by atoms with van der Waals surface area (Å²) >= 11 is 1.29. The average Bonchev–Trinajstić information content (AvgIpc) is 3.35. The van der Waals surface area contributed by atoms with Crippen molar-refractivity contribution in [3.63, 3.8) is 0 Å². The molecule has 0 fully saturated rings. The second kappa shape index (κ2) is 10.8. The number of carbonyl (C=O) groups excluding carboxylic acids is 3. The first kappa shape index (κ1) is 24.6. The topological polar surface area (TPSA) is 130 Å². The minimum atomic E-state index is -0.382. The van der Waals surface area contributed by atoms with Crippen LogP contribution < -0.4 is 21.3 Å². The monoisotopic (exact) mass is 500 g/mol. The maximum absolute atomic E-state index is 12.3. The molecule has 9 nitrogen and oxygen atoms in total. The Balaban J connectivity index is 1.41. The van der Waals surface area contributed by atoms with Crippen molar-refractivity contribution < 1.29 is 14.4 Å². The first-order valence-corrected chi connectivity index (χ1v) is 11.9. The highest BCUT2D eigenvalue weighted by Crippen LogP contribution is 2.30. The number of nitrogen functional groups attached to an aromatic ring is 1. The minimum Gasteiger partial charge on any atom is -0.399 e. The zero-order valence-electron chi connectivity index (χ0n) is 19.7. The second-order valence-electron chi connectivity index (χ2n) is 7.95. The number of amides is 3. The fourth-order valence-electron chi connectivity index (χ4n) is 3.33. The number of carbonyl (C=O) groups is 3. The summed E-state index contributed by atoms with van der Waals surface area (Å²) in [5.74, 6) is -0.286. The van der Waals surface area contributed by atoms with E-state index < -0.39 is 0 Å². The van der Waals surface area contributed by atoms with E-state index in [1.165, 1.54) is 23.2 Å². The highest BCUT2D eigenvalue weighted by molar-refractivity contribution is 7.14. The van der Waals surface area contributed by atoms with Crippen molar-refractivity contribution in [2.75, 3.05) is 29.5 Å². The van der Waals surface area contributed by atoms with Crippen LogP contribution >= 0.6 is 11.3 Å². The van der Waals surface area contributed by atoms with E-state index in [9.17, 15) is 14.4 Å². The van der Waals surface area contributed by atoms with Gasteiger partial charge in [0.1, 0.15) is 5.82 Å². The molecule has 36 heavy (non-hydrogen) atoms. The summed E-state index contributed by atoms with van der Waals surface area (Å²) in [6.07, 6.45) is 1.67. The predicted octanol–water partition coefficient (Wildman–Crippen LogP) is 3.81. The van der Waals surface area contributed by atoms with Crippen molar-refractivity contribution >= 4 is 45.7 Å². The largest absolute Gasteiger partial charge is 0.399 e. The molecule has 2 heterocycles. The number of thiazole rings is 1. The Morgan fingerprint density at radius 2 is 1.72 bits per heavy atom. The smallest absolute Gasteiger partial charge is 0.251 e. The molecule has 2 aromatic heterocycles. The van der Waals surface area contributed by atoms with E-state index in [1.807, 2.05) is 41.8 Å².